The summed E-state index contributed by atoms with van der Waals surface area (Å²) in [7, 11) is 0. The van der Waals surface area contributed by atoms with E-state index in [0.29, 0.717) is 33.7 Å². The fourth-order valence-corrected chi connectivity index (χ4v) is 4.45. The van der Waals surface area contributed by atoms with Crippen LogP contribution >= 0.6 is 11.3 Å². The van der Waals surface area contributed by atoms with Gasteiger partial charge in [-0.25, -0.2) is 4.98 Å². The summed E-state index contributed by atoms with van der Waals surface area (Å²) in [6.07, 6.45) is 2.47. The lowest BCUT2D eigenvalue weighted by atomic mass is 10.2. The van der Waals surface area contributed by atoms with Gasteiger partial charge in [-0.1, -0.05) is 44.2 Å². The highest BCUT2D eigenvalue weighted by molar-refractivity contribution is 7.20. The second kappa shape index (κ2) is 9.80. The monoisotopic (exact) mass is 412 g/mol. The number of carbonyl (C=O) groups excluding carboxylic acids is 1. The molecule has 2 aromatic heterocycles. The smallest absolute Gasteiger partial charge is 0.262 e. The quantitative estimate of drug-likeness (QED) is 0.548. The molecule has 0 fully saturated rings. The van der Waals surface area contributed by atoms with Crippen LogP contribution in [0.4, 0.5) is 0 Å². The predicted molar refractivity (Wildman–Crippen MR) is 119 cm³/mol. The summed E-state index contributed by atoms with van der Waals surface area (Å²) in [5.74, 6) is -0.126. The van der Waals surface area contributed by atoms with E-state index in [9.17, 15) is 9.59 Å². The highest BCUT2D eigenvalue weighted by atomic mass is 32.1. The molecule has 0 saturated heterocycles. The molecule has 0 aliphatic rings. The summed E-state index contributed by atoms with van der Waals surface area (Å²) in [6.45, 7) is 10.2. The summed E-state index contributed by atoms with van der Waals surface area (Å²) >= 11 is 1.29. The number of nitrogens with one attached hydrogen (secondary N) is 1. The van der Waals surface area contributed by atoms with Crippen LogP contribution in [-0.4, -0.2) is 46.5 Å². The molecule has 154 valence electrons. The summed E-state index contributed by atoms with van der Waals surface area (Å²) < 4.78 is 1.60. The molecule has 1 N–H and O–H groups in total. The average molecular weight is 413 g/mol. The molecule has 0 bridgehead atoms. The van der Waals surface area contributed by atoms with Crippen molar-refractivity contribution in [3.63, 3.8) is 0 Å². The van der Waals surface area contributed by atoms with E-state index in [1.807, 2.05) is 37.3 Å². The Morgan fingerprint density at radius 1 is 1.21 bits per heavy atom. The van der Waals surface area contributed by atoms with Crippen LogP contribution in [0.25, 0.3) is 10.2 Å². The highest BCUT2D eigenvalue weighted by Gasteiger charge is 2.19. The van der Waals surface area contributed by atoms with Crippen molar-refractivity contribution in [2.45, 2.75) is 33.7 Å². The van der Waals surface area contributed by atoms with Crippen molar-refractivity contribution in [3.8, 4) is 0 Å². The first kappa shape index (κ1) is 21.2. The zero-order chi connectivity index (χ0) is 20.8. The topological polar surface area (TPSA) is 67.2 Å². The third kappa shape index (κ3) is 4.92. The third-order valence-corrected chi connectivity index (χ3v) is 6.35. The first-order valence-corrected chi connectivity index (χ1v) is 10.9. The maximum atomic E-state index is 13.0. The van der Waals surface area contributed by atoms with Gasteiger partial charge in [-0.15, -0.1) is 11.3 Å². The molecule has 2 heterocycles. The van der Waals surface area contributed by atoms with Crippen LogP contribution in [0.1, 0.15) is 41.1 Å². The van der Waals surface area contributed by atoms with Crippen molar-refractivity contribution in [1.82, 2.24) is 19.8 Å². The molecule has 0 saturated carbocycles. The molecule has 0 unspecified atom stereocenters. The van der Waals surface area contributed by atoms with Crippen LogP contribution in [0.5, 0.6) is 0 Å². The van der Waals surface area contributed by atoms with Crippen LogP contribution in [0.15, 0.2) is 41.5 Å². The number of thiophene rings is 1. The Bertz CT molecular complexity index is 1020. The van der Waals surface area contributed by atoms with E-state index in [0.717, 1.165) is 31.6 Å². The number of carbonyl (C=O) groups is 1. The lowest BCUT2D eigenvalue weighted by Gasteiger charge is -2.17. The number of aromatic nitrogens is 2. The Kier molecular flexibility index (Phi) is 7.17. The Labute approximate surface area is 175 Å². The van der Waals surface area contributed by atoms with E-state index in [1.54, 1.807) is 10.9 Å². The van der Waals surface area contributed by atoms with E-state index >= 15 is 0 Å². The zero-order valence-corrected chi connectivity index (χ0v) is 18.1. The van der Waals surface area contributed by atoms with Gasteiger partial charge in [0.05, 0.1) is 23.1 Å². The summed E-state index contributed by atoms with van der Waals surface area (Å²) in [4.78, 5) is 33.6. The molecule has 0 atom stereocenters. The molecule has 3 rings (SSSR count). The van der Waals surface area contributed by atoms with Crippen LogP contribution in [0.2, 0.25) is 0 Å². The number of hydrogen-bond acceptors (Lipinski definition) is 5. The normalized spacial score (nSPS) is 11.3. The average Bonchev–Trinajstić information content (AvgIpc) is 3.08. The first-order valence-electron chi connectivity index (χ1n) is 10.1. The van der Waals surface area contributed by atoms with Crippen molar-refractivity contribution in [2.24, 2.45) is 0 Å². The second-order valence-corrected chi connectivity index (χ2v) is 8.03. The van der Waals surface area contributed by atoms with Crippen molar-refractivity contribution in [1.29, 1.82) is 0 Å². The van der Waals surface area contributed by atoms with Crippen LogP contribution < -0.4 is 10.9 Å². The van der Waals surface area contributed by atoms with Crippen molar-refractivity contribution >= 4 is 27.5 Å². The predicted octanol–water partition coefficient (Wildman–Crippen LogP) is 3.28. The van der Waals surface area contributed by atoms with Gasteiger partial charge in [0, 0.05) is 6.54 Å². The lowest BCUT2D eigenvalue weighted by Crippen LogP contribution is -2.29. The zero-order valence-electron chi connectivity index (χ0n) is 17.3. The van der Waals surface area contributed by atoms with Gasteiger partial charge in [-0.2, -0.15) is 0 Å². The molecule has 0 aliphatic carbocycles. The van der Waals surface area contributed by atoms with E-state index < -0.39 is 0 Å². The number of hydrogen-bond donors (Lipinski definition) is 1. The van der Waals surface area contributed by atoms with Crippen molar-refractivity contribution in [3.05, 3.63) is 63.0 Å². The maximum absolute atomic E-state index is 13.0. The molecule has 0 spiro atoms. The van der Waals surface area contributed by atoms with Crippen LogP contribution in [0.3, 0.4) is 0 Å². The minimum Gasteiger partial charge on any atom is -0.351 e. The maximum Gasteiger partial charge on any atom is 0.262 e. The highest BCUT2D eigenvalue weighted by Crippen LogP contribution is 2.26. The Morgan fingerprint density at radius 2 is 1.93 bits per heavy atom. The SMILES string of the molecule is CCN(CC)CCCNC(=O)c1sc2ncn(Cc3ccccc3)c(=O)c2c1C. The number of amides is 1. The molecular formula is C22H28N4O2S. The Balaban J connectivity index is 1.75. The summed E-state index contributed by atoms with van der Waals surface area (Å²) in [5.41, 5.74) is 1.65. The molecule has 29 heavy (non-hydrogen) atoms. The number of benzene rings is 1. The molecule has 1 amide bonds. The van der Waals surface area contributed by atoms with E-state index in [-0.39, 0.29) is 11.5 Å². The molecule has 0 aliphatic heterocycles. The number of nitrogens with zero attached hydrogens (tertiary/aromatic N) is 3. The molecule has 3 aromatic rings. The fraction of sp³-hybridized carbons (Fsp3) is 0.409. The summed E-state index contributed by atoms with van der Waals surface area (Å²) in [6, 6.07) is 9.81. The van der Waals surface area contributed by atoms with Gasteiger partial charge in [0.25, 0.3) is 11.5 Å². The first-order chi connectivity index (χ1) is 14.0. The Hall–Kier alpha value is -2.51. The molecule has 7 heteroatoms. The largest absolute Gasteiger partial charge is 0.351 e. The summed E-state index contributed by atoms with van der Waals surface area (Å²) in [5, 5.41) is 3.53. The van der Waals surface area contributed by atoms with Crippen LogP contribution in [-0.2, 0) is 6.54 Å². The van der Waals surface area contributed by atoms with Gasteiger partial charge in [0.15, 0.2) is 0 Å². The minimum atomic E-state index is -0.126. The van der Waals surface area contributed by atoms with Gasteiger partial charge < -0.3 is 10.2 Å². The van der Waals surface area contributed by atoms with Gasteiger partial charge in [0.2, 0.25) is 0 Å². The number of rotatable bonds is 9. The lowest BCUT2D eigenvalue weighted by molar-refractivity contribution is 0.0955. The Morgan fingerprint density at radius 3 is 2.62 bits per heavy atom. The van der Waals surface area contributed by atoms with Gasteiger partial charge >= 0.3 is 0 Å². The van der Waals surface area contributed by atoms with Gasteiger partial charge in [-0.05, 0) is 44.1 Å². The minimum absolute atomic E-state index is 0.104. The molecule has 1 aromatic carbocycles. The fourth-order valence-electron chi connectivity index (χ4n) is 3.39. The van der Waals surface area contributed by atoms with E-state index in [4.69, 9.17) is 0 Å². The van der Waals surface area contributed by atoms with Gasteiger partial charge in [0.1, 0.15) is 4.83 Å². The van der Waals surface area contributed by atoms with Crippen molar-refractivity contribution < 1.29 is 4.79 Å². The van der Waals surface area contributed by atoms with Gasteiger partial charge in [-0.3, -0.25) is 14.2 Å². The molecule has 6 nitrogen and oxygen atoms in total. The van der Waals surface area contributed by atoms with E-state index in [2.05, 4.69) is 29.0 Å². The van der Waals surface area contributed by atoms with Crippen molar-refractivity contribution in [2.75, 3.05) is 26.2 Å². The van der Waals surface area contributed by atoms with Crippen LogP contribution in [0, 0.1) is 6.92 Å². The number of aryl methyl sites for hydroxylation is 1. The molecule has 0 radical (unpaired) electrons. The standard InChI is InChI=1S/C22H28N4O2S/c1-4-25(5-2)13-9-12-23-20(27)19-16(3)18-21(29-19)24-15-26(22(18)28)14-17-10-7-6-8-11-17/h6-8,10-11,15H,4-5,9,12-14H2,1-3H3,(H,23,27). The van der Waals surface area contributed by atoms with E-state index in [1.165, 1.54) is 11.3 Å². The third-order valence-electron chi connectivity index (χ3n) is 5.15. The number of fused-ring (bicyclic) bond motifs is 1. The second-order valence-electron chi connectivity index (χ2n) is 7.04. The molecular weight excluding hydrogens is 384 g/mol.